The minimum atomic E-state index is -0.124. The molecule has 8 heteroatoms. The highest BCUT2D eigenvalue weighted by molar-refractivity contribution is 5.96. The summed E-state index contributed by atoms with van der Waals surface area (Å²) in [7, 11) is 1.88. The number of carbonyl (C=O) groups excluding carboxylic acids is 1. The fraction of sp³-hybridized carbons (Fsp3) is 0.471. The molecular formula is C17H21N7O. The first-order valence-corrected chi connectivity index (χ1v) is 8.48. The van der Waals surface area contributed by atoms with Crippen molar-refractivity contribution in [2.45, 2.75) is 39.3 Å². The molecule has 130 valence electrons. The fourth-order valence-corrected chi connectivity index (χ4v) is 3.41. The van der Waals surface area contributed by atoms with Gasteiger partial charge in [-0.2, -0.15) is 0 Å². The fourth-order valence-electron chi connectivity index (χ4n) is 3.41. The lowest BCUT2D eigenvalue weighted by Gasteiger charge is -2.34. The number of pyridine rings is 1. The summed E-state index contributed by atoms with van der Waals surface area (Å²) in [6.45, 7) is 7.55. The summed E-state index contributed by atoms with van der Waals surface area (Å²) in [4.78, 5) is 23.5. The van der Waals surface area contributed by atoms with Crippen molar-refractivity contribution in [3.8, 4) is 0 Å². The molecular weight excluding hydrogens is 318 g/mol. The van der Waals surface area contributed by atoms with Crippen molar-refractivity contribution in [3.05, 3.63) is 35.8 Å². The van der Waals surface area contributed by atoms with E-state index in [1.54, 1.807) is 18.6 Å². The summed E-state index contributed by atoms with van der Waals surface area (Å²) in [5.74, 6) is 2.08. The van der Waals surface area contributed by atoms with Gasteiger partial charge in [-0.15, -0.1) is 10.2 Å². The van der Waals surface area contributed by atoms with Crippen LogP contribution in [0.1, 0.15) is 54.7 Å². The smallest absolute Gasteiger partial charge is 0.256 e. The molecule has 1 aliphatic rings. The molecule has 0 saturated heterocycles. The van der Waals surface area contributed by atoms with Crippen molar-refractivity contribution >= 4 is 17.1 Å². The predicted molar refractivity (Wildman–Crippen MR) is 92.1 cm³/mol. The van der Waals surface area contributed by atoms with Crippen molar-refractivity contribution < 1.29 is 4.79 Å². The van der Waals surface area contributed by atoms with Gasteiger partial charge in [0.25, 0.3) is 5.91 Å². The Labute approximate surface area is 145 Å². The van der Waals surface area contributed by atoms with Gasteiger partial charge in [0.2, 0.25) is 0 Å². The molecule has 0 bridgehead atoms. The van der Waals surface area contributed by atoms with Gasteiger partial charge in [-0.3, -0.25) is 4.79 Å². The van der Waals surface area contributed by atoms with E-state index in [9.17, 15) is 4.79 Å². The monoisotopic (exact) mass is 339 g/mol. The molecule has 0 radical (unpaired) electrons. The molecule has 0 aliphatic carbocycles. The molecule has 0 saturated carbocycles. The summed E-state index contributed by atoms with van der Waals surface area (Å²) in [5, 5.41) is 8.63. The Morgan fingerprint density at radius 2 is 2.04 bits per heavy atom. The molecule has 0 fully saturated rings. The molecule has 4 rings (SSSR count). The van der Waals surface area contributed by atoms with Crippen LogP contribution in [0.3, 0.4) is 0 Å². The van der Waals surface area contributed by atoms with Crippen LogP contribution in [0.2, 0.25) is 0 Å². The van der Waals surface area contributed by atoms with Gasteiger partial charge in [-0.25, -0.2) is 9.97 Å². The van der Waals surface area contributed by atoms with Gasteiger partial charge in [0, 0.05) is 32.3 Å². The molecule has 0 aromatic carbocycles. The number of hydrogen-bond donors (Lipinski definition) is 0. The van der Waals surface area contributed by atoms with E-state index in [0.29, 0.717) is 24.6 Å². The number of hydrogen-bond acceptors (Lipinski definition) is 5. The number of carbonyl (C=O) groups is 1. The Bertz CT molecular complexity index is 955. The van der Waals surface area contributed by atoms with Crippen LogP contribution in [-0.4, -0.2) is 46.7 Å². The molecule has 8 nitrogen and oxygen atoms in total. The lowest BCUT2D eigenvalue weighted by Crippen LogP contribution is -2.41. The lowest BCUT2D eigenvalue weighted by atomic mass is 10.1. The third-order valence-electron chi connectivity index (χ3n) is 4.79. The Morgan fingerprint density at radius 1 is 1.24 bits per heavy atom. The van der Waals surface area contributed by atoms with E-state index in [0.717, 1.165) is 22.8 Å². The van der Waals surface area contributed by atoms with Gasteiger partial charge in [0.15, 0.2) is 11.5 Å². The Balaban J connectivity index is 1.65. The Kier molecular flexibility index (Phi) is 3.55. The number of aryl methyl sites for hydroxylation is 1. The molecule has 1 unspecified atom stereocenters. The summed E-state index contributed by atoms with van der Waals surface area (Å²) in [6.07, 6.45) is 3.32. The van der Waals surface area contributed by atoms with Crippen LogP contribution in [0.25, 0.3) is 11.2 Å². The van der Waals surface area contributed by atoms with E-state index < -0.39 is 0 Å². The average Bonchev–Trinajstić information content (AvgIpc) is 3.19. The van der Waals surface area contributed by atoms with Gasteiger partial charge in [0.1, 0.15) is 11.3 Å². The van der Waals surface area contributed by atoms with Crippen molar-refractivity contribution in [1.29, 1.82) is 0 Å². The molecule has 0 N–H and O–H groups in total. The zero-order valence-corrected chi connectivity index (χ0v) is 14.8. The maximum atomic E-state index is 13.0. The standard InChI is InChI=1S/C17H21N7O/c1-10(2)14-20-21-15-11(3)23(5-6-24(14)15)17(25)12-7-13-16(18-8-12)22(4)9-19-13/h7-11H,5-6H2,1-4H3. The van der Waals surface area contributed by atoms with E-state index in [1.165, 1.54) is 0 Å². The zero-order valence-electron chi connectivity index (χ0n) is 14.8. The van der Waals surface area contributed by atoms with E-state index >= 15 is 0 Å². The minimum Gasteiger partial charge on any atom is -0.327 e. The molecule has 1 atom stereocenters. The van der Waals surface area contributed by atoms with Crippen molar-refractivity contribution in [2.75, 3.05) is 6.54 Å². The quantitative estimate of drug-likeness (QED) is 0.712. The molecule has 3 aromatic heterocycles. The van der Waals surface area contributed by atoms with Crippen LogP contribution in [0.4, 0.5) is 0 Å². The SMILES string of the molecule is CC(C)c1nnc2n1CCN(C(=O)c1cnc3c(c1)ncn3C)C2C. The maximum Gasteiger partial charge on any atom is 0.256 e. The molecule has 0 spiro atoms. The van der Waals surface area contributed by atoms with Crippen LogP contribution in [-0.2, 0) is 13.6 Å². The second-order valence-electron chi connectivity index (χ2n) is 6.82. The molecule has 1 amide bonds. The summed E-state index contributed by atoms with van der Waals surface area (Å²) < 4.78 is 3.97. The number of amides is 1. The van der Waals surface area contributed by atoms with Crippen LogP contribution >= 0.6 is 0 Å². The van der Waals surface area contributed by atoms with Gasteiger partial charge in [-0.1, -0.05) is 13.8 Å². The topological polar surface area (TPSA) is 81.7 Å². The number of aromatic nitrogens is 6. The van der Waals surface area contributed by atoms with E-state index in [4.69, 9.17) is 0 Å². The van der Waals surface area contributed by atoms with Crippen LogP contribution < -0.4 is 0 Å². The minimum absolute atomic E-state index is 0.0482. The van der Waals surface area contributed by atoms with Gasteiger partial charge >= 0.3 is 0 Å². The lowest BCUT2D eigenvalue weighted by molar-refractivity contribution is 0.0635. The van der Waals surface area contributed by atoms with E-state index in [2.05, 4.69) is 38.6 Å². The number of rotatable bonds is 2. The van der Waals surface area contributed by atoms with Gasteiger partial charge in [0.05, 0.1) is 17.9 Å². The highest BCUT2D eigenvalue weighted by Crippen LogP contribution is 2.28. The number of imidazole rings is 1. The maximum absolute atomic E-state index is 13.0. The summed E-state index contributed by atoms with van der Waals surface area (Å²) >= 11 is 0. The first-order chi connectivity index (χ1) is 12.0. The van der Waals surface area contributed by atoms with Crippen LogP contribution in [0.15, 0.2) is 18.6 Å². The average molecular weight is 339 g/mol. The summed E-state index contributed by atoms with van der Waals surface area (Å²) in [6, 6.07) is 1.68. The largest absolute Gasteiger partial charge is 0.327 e. The summed E-state index contributed by atoms with van der Waals surface area (Å²) in [5.41, 5.74) is 2.04. The predicted octanol–water partition coefficient (Wildman–Crippen LogP) is 1.90. The first kappa shape index (κ1) is 15.7. The van der Waals surface area contributed by atoms with E-state index in [-0.39, 0.29) is 11.9 Å². The molecule has 4 heterocycles. The highest BCUT2D eigenvalue weighted by atomic mass is 16.2. The van der Waals surface area contributed by atoms with E-state index in [1.807, 2.05) is 23.4 Å². The van der Waals surface area contributed by atoms with Crippen molar-refractivity contribution in [1.82, 2.24) is 34.2 Å². The highest BCUT2D eigenvalue weighted by Gasteiger charge is 2.32. The molecule has 1 aliphatic heterocycles. The second-order valence-corrected chi connectivity index (χ2v) is 6.82. The van der Waals surface area contributed by atoms with Crippen LogP contribution in [0, 0.1) is 0 Å². The second kappa shape index (κ2) is 5.65. The van der Waals surface area contributed by atoms with Gasteiger partial charge < -0.3 is 14.0 Å². The molecule has 3 aromatic rings. The number of fused-ring (bicyclic) bond motifs is 2. The van der Waals surface area contributed by atoms with Crippen LogP contribution in [0.5, 0.6) is 0 Å². The van der Waals surface area contributed by atoms with Crippen molar-refractivity contribution in [3.63, 3.8) is 0 Å². The Morgan fingerprint density at radius 3 is 2.80 bits per heavy atom. The first-order valence-electron chi connectivity index (χ1n) is 8.48. The Hall–Kier alpha value is -2.77. The third-order valence-corrected chi connectivity index (χ3v) is 4.79. The van der Waals surface area contributed by atoms with Gasteiger partial charge in [-0.05, 0) is 13.0 Å². The third kappa shape index (κ3) is 2.40. The zero-order chi connectivity index (χ0) is 17.7. The van der Waals surface area contributed by atoms with Crippen molar-refractivity contribution in [2.24, 2.45) is 7.05 Å². The number of nitrogens with zero attached hydrogens (tertiary/aromatic N) is 7. The normalized spacial score (nSPS) is 17.3. The molecule has 25 heavy (non-hydrogen) atoms.